The molecule has 0 aliphatic rings. The highest BCUT2D eigenvalue weighted by Crippen LogP contribution is 2.19. The van der Waals surface area contributed by atoms with Crippen LogP contribution in [0.15, 0.2) is 18.2 Å². The van der Waals surface area contributed by atoms with Crippen molar-refractivity contribution in [2.24, 2.45) is 0 Å². The summed E-state index contributed by atoms with van der Waals surface area (Å²) in [6.07, 6.45) is 1.88. The lowest BCUT2D eigenvalue weighted by Crippen LogP contribution is -2.43. The highest BCUT2D eigenvalue weighted by molar-refractivity contribution is 5.74. The second kappa shape index (κ2) is 8.56. The Kier molecular flexibility index (Phi) is 7.08. The Hall–Kier alpha value is -1.69. The maximum atomic E-state index is 13.1. The molecule has 0 radical (unpaired) electrons. The molecule has 0 aromatic heterocycles. The molecule has 21 heavy (non-hydrogen) atoms. The Morgan fingerprint density at radius 3 is 2.62 bits per heavy atom. The number of carbonyl (C=O) groups is 1. The lowest BCUT2D eigenvalue weighted by Gasteiger charge is -2.21. The summed E-state index contributed by atoms with van der Waals surface area (Å²) in [7, 11) is 0. The number of unbranched alkanes of at least 4 members (excludes halogenated alkanes) is 2. The quantitative estimate of drug-likeness (QED) is 0.678. The van der Waals surface area contributed by atoms with Crippen LogP contribution in [0.2, 0.25) is 0 Å². The fourth-order valence-corrected chi connectivity index (χ4v) is 1.90. The standard InChI is InChI=1S/C15H22F2N2O2/c1-3-4-5-8-18-15(21)19-10(2)14(20)11-6-7-12(16)13(17)9-11/h6-7,9-10,14,20H,3-5,8H2,1-2H3,(H2,18,19,21). The number of aliphatic hydroxyl groups is 1. The van der Waals surface area contributed by atoms with Crippen molar-refractivity contribution >= 4 is 6.03 Å². The second-order valence-corrected chi connectivity index (χ2v) is 5.01. The van der Waals surface area contributed by atoms with E-state index >= 15 is 0 Å². The number of rotatable bonds is 7. The molecule has 0 saturated heterocycles. The Morgan fingerprint density at radius 1 is 1.29 bits per heavy atom. The molecule has 4 nitrogen and oxygen atoms in total. The molecular weight excluding hydrogens is 278 g/mol. The van der Waals surface area contributed by atoms with Gasteiger partial charge in [-0.2, -0.15) is 0 Å². The number of hydrogen-bond donors (Lipinski definition) is 3. The van der Waals surface area contributed by atoms with Gasteiger partial charge in [0.05, 0.1) is 12.1 Å². The van der Waals surface area contributed by atoms with Gasteiger partial charge in [0.1, 0.15) is 0 Å². The van der Waals surface area contributed by atoms with Crippen molar-refractivity contribution in [2.45, 2.75) is 45.3 Å². The lowest BCUT2D eigenvalue weighted by atomic mass is 10.0. The van der Waals surface area contributed by atoms with Gasteiger partial charge in [-0.15, -0.1) is 0 Å². The van der Waals surface area contributed by atoms with Gasteiger partial charge in [0.15, 0.2) is 11.6 Å². The number of halogens is 2. The van der Waals surface area contributed by atoms with Gasteiger partial charge in [-0.1, -0.05) is 25.8 Å². The van der Waals surface area contributed by atoms with E-state index in [0.717, 1.165) is 31.4 Å². The van der Waals surface area contributed by atoms with Gasteiger partial charge in [-0.3, -0.25) is 0 Å². The van der Waals surface area contributed by atoms with Crippen molar-refractivity contribution in [3.05, 3.63) is 35.4 Å². The molecule has 0 aliphatic carbocycles. The van der Waals surface area contributed by atoms with Gasteiger partial charge in [0.25, 0.3) is 0 Å². The van der Waals surface area contributed by atoms with Gasteiger partial charge in [0.2, 0.25) is 0 Å². The number of amides is 2. The highest BCUT2D eigenvalue weighted by atomic mass is 19.2. The fraction of sp³-hybridized carbons (Fsp3) is 0.533. The molecule has 0 aliphatic heterocycles. The van der Waals surface area contributed by atoms with E-state index in [2.05, 4.69) is 17.6 Å². The van der Waals surface area contributed by atoms with Crippen LogP contribution in [0.1, 0.15) is 44.8 Å². The average Bonchev–Trinajstić information content (AvgIpc) is 2.45. The Balaban J connectivity index is 2.48. The minimum absolute atomic E-state index is 0.215. The molecule has 0 heterocycles. The first-order valence-electron chi connectivity index (χ1n) is 7.13. The van der Waals surface area contributed by atoms with Crippen molar-refractivity contribution < 1.29 is 18.7 Å². The minimum atomic E-state index is -1.11. The van der Waals surface area contributed by atoms with E-state index in [9.17, 15) is 18.7 Å². The summed E-state index contributed by atoms with van der Waals surface area (Å²) in [6, 6.07) is 2.16. The number of benzene rings is 1. The molecule has 2 unspecified atom stereocenters. The Labute approximate surface area is 123 Å². The summed E-state index contributed by atoms with van der Waals surface area (Å²) in [6.45, 7) is 4.23. The zero-order valence-corrected chi connectivity index (χ0v) is 12.3. The van der Waals surface area contributed by atoms with Gasteiger partial charge < -0.3 is 15.7 Å². The minimum Gasteiger partial charge on any atom is -0.386 e. The van der Waals surface area contributed by atoms with Crippen LogP contribution >= 0.6 is 0 Å². The predicted molar refractivity (Wildman–Crippen MR) is 76.8 cm³/mol. The smallest absolute Gasteiger partial charge is 0.315 e. The highest BCUT2D eigenvalue weighted by Gasteiger charge is 2.19. The topological polar surface area (TPSA) is 61.4 Å². The third kappa shape index (κ3) is 5.67. The lowest BCUT2D eigenvalue weighted by molar-refractivity contribution is 0.137. The molecular formula is C15H22F2N2O2. The van der Waals surface area contributed by atoms with E-state index in [0.29, 0.717) is 6.54 Å². The van der Waals surface area contributed by atoms with Crippen molar-refractivity contribution in [1.82, 2.24) is 10.6 Å². The van der Waals surface area contributed by atoms with E-state index in [4.69, 9.17) is 0 Å². The summed E-state index contributed by atoms with van der Waals surface area (Å²) in [5.41, 5.74) is 0.215. The first-order chi connectivity index (χ1) is 9.95. The maximum absolute atomic E-state index is 13.1. The molecule has 0 bridgehead atoms. The monoisotopic (exact) mass is 300 g/mol. The van der Waals surface area contributed by atoms with E-state index < -0.39 is 23.8 Å². The molecule has 2 atom stereocenters. The van der Waals surface area contributed by atoms with Crippen LogP contribution in [0, 0.1) is 11.6 Å². The van der Waals surface area contributed by atoms with Crippen LogP contribution in [0.4, 0.5) is 13.6 Å². The van der Waals surface area contributed by atoms with Crippen LogP contribution in [-0.4, -0.2) is 23.7 Å². The molecule has 1 rings (SSSR count). The molecule has 0 saturated carbocycles. The Bertz CT molecular complexity index is 469. The van der Waals surface area contributed by atoms with Crippen molar-refractivity contribution in [3.8, 4) is 0 Å². The van der Waals surface area contributed by atoms with Gasteiger partial charge in [-0.05, 0) is 31.0 Å². The largest absolute Gasteiger partial charge is 0.386 e. The molecule has 1 aromatic carbocycles. The molecule has 2 amide bonds. The van der Waals surface area contributed by atoms with Crippen molar-refractivity contribution in [3.63, 3.8) is 0 Å². The first kappa shape index (κ1) is 17.4. The van der Waals surface area contributed by atoms with Crippen LogP contribution < -0.4 is 10.6 Å². The predicted octanol–water partition coefficient (Wildman–Crippen LogP) is 2.88. The molecule has 0 fully saturated rings. The van der Waals surface area contributed by atoms with Crippen LogP contribution in [0.3, 0.4) is 0 Å². The number of nitrogens with one attached hydrogen (secondary N) is 2. The Morgan fingerprint density at radius 2 is 2.00 bits per heavy atom. The van der Waals surface area contributed by atoms with E-state index in [-0.39, 0.29) is 11.6 Å². The molecule has 1 aromatic rings. The number of hydrogen-bond acceptors (Lipinski definition) is 2. The van der Waals surface area contributed by atoms with E-state index in [1.807, 2.05) is 0 Å². The van der Waals surface area contributed by atoms with Crippen molar-refractivity contribution in [2.75, 3.05) is 6.54 Å². The molecule has 6 heteroatoms. The molecule has 118 valence electrons. The number of urea groups is 1. The second-order valence-electron chi connectivity index (χ2n) is 5.01. The summed E-state index contributed by atoms with van der Waals surface area (Å²) < 4.78 is 26.0. The van der Waals surface area contributed by atoms with Gasteiger partial charge >= 0.3 is 6.03 Å². The van der Waals surface area contributed by atoms with Gasteiger partial charge in [-0.25, -0.2) is 13.6 Å². The normalized spacial score (nSPS) is 13.6. The van der Waals surface area contributed by atoms with Crippen molar-refractivity contribution in [1.29, 1.82) is 0 Å². The van der Waals surface area contributed by atoms with Gasteiger partial charge in [0, 0.05) is 6.54 Å². The summed E-state index contributed by atoms with van der Waals surface area (Å²) in [5.74, 6) is -2.00. The number of carbonyl (C=O) groups excluding carboxylic acids is 1. The maximum Gasteiger partial charge on any atom is 0.315 e. The fourth-order valence-electron chi connectivity index (χ4n) is 1.90. The van der Waals surface area contributed by atoms with E-state index in [1.165, 1.54) is 6.07 Å². The number of aliphatic hydroxyl groups excluding tert-OH is 1. The molecule has 3 N–H and O–H groups in total. The average molecular weight is 300 g/mol. The van der Waals surface area contributed by atoms with Crippen LogP contribution in [0.25, 0.3) is 0 Å². The van der Waals surface area contributed by atoms with Crippen LogP contribution in [0.5, 0.6) is 0 Å². The third-order valence-corrected chi connectivity index (χ3v) is 3.18. The zero-order chi connectivity index (χ0) is 15.8. The van der Waals surface area contributed by atoms with Crippen LogP contribution in [-0.2, 0) is 0 Å². The molecule has 0 spiro atoms. The summed E-state index contributed by atoms with van der Waals surface area (Å²) in [4.78, 5) is 11.6. The first-order valence-corrected chi connectivity index (χ1v) is 7.13. The summed E-state index contributed by atoms with van der Waals surface area (Å²) in [5, 5.41) is 15.3. The summed E-state index contributed by atoms with van der Waals surface area (Å²) >= 11 is 0. The van der Waals surface area contributed by atoms with E-state index in [1.54, 1.807) is 6.92 Å². The third-order valence-electron chi connectivity index (χ3n) is 3.18. The zero-order valence-electron chi connectivity index (χ0n) is 12.3. The SMILES string of the molecule is CCCCCNC(=O)NC(C)C(O)c1ccc(F)c(F)c1.